The van der Waals surface area contributed by atoms with E-state index in [4.69, 9.17) is 16.3 Å². The predicted molar refractivity (Wildman–Crippen MR) is 84.1 cm³/mol. The fourth-order valence-electron chi connectivity index (χ4n) is 1.80. The molecule has 21 heavy (non-hydrogen) atoms. The summed E-state index contributed by atoms with van der Waals surface area (Å²) in [5.74, 6) is -0.858. The zero-order chi connectivity index (χ0) is 15.4. The van der Waals surface area contributed by atoms with E-state index in [0.29, 0.717) is 16.1 Å². The minimum absolute atomic E-state index is 0.361. The molecule has 0 aliphatic heterocycles. The van der Waals surface area contributed by atoms with E-state index >= 15 is 0 Å². The fourth-order valence-corrected chi connectivity index (χ4v) is 2.92. The Morgan fingerprint density at radius 3 is 2.57 bits per heavy atom. The summed E-state index contributed by atoms with van der Waals surface area (Å²) in [4.78, 5) is 24.3. The average molecular weight is 324 g/mol. The van der Waals surface area contributed by atoms with Gasteiger partial charge in [-0.3, -0.25) is 4.79 Å². The Kier molecular flexibility index (Phi) is 4.98. The maximum atomic E-state index is 12.2. The number of carbonyl (C=O) groups excluding carboxylic acids is 2. The van der Waals surface area contributed by atoms with Gasteiger partial charge in [-0.25, -0.2) is 4.79 Å². The number of methoxy groups -OCH3 is 1. The van der Waals surface area contributed by atoms with Crippen molar-refractivity contribution >= 4 is 40.5 Å². The first-order chi connectivity index (χ1) is 10.0. The van der Waals surface area contributed by atoms with Crippen LogP contribution in [0.4, 0.5) is 5.69 Å². The monoisotopic (exact) mass is 323 g/mol. The van der Waals surface area contributed by atoms with Crippen molar-refractivity contribution in [1.29, 1.82) is 0 Å². The van der Waals surface area contributed by atoms with Gasteiger partial charge in [0, 0.05) is 0 Å². The number of hydrogen-bond donors (Lipinski definition) is 1. The maximum Gasteiger partial charge on any atom is 0.350 e. The summed E-state index contributed by atoms with van der Waals surface area (Å²) < 4.78 is 4.70. The Hall–Kier alpha value is -1.85. The number of aryl methyl sites for hydroxylation is 1. The van der Waals surface area contributed by atoms with E-state index in [0.717, 1.165) is 5.56 Å². The van der Waals surface area contributed by atoms with E-state index in [1.807, 2.05) is 25.1 Å². The first-order valence-corrected chi connectivity index (χ1v) is 7.52. The van der Waals surface area contributed by atoms with Crippen molar-refractivity contribution in [2.24, 2.45) is 0 Å². The van der Waals surface area contributed by atoms with Crippen molar-refractivity contribution in [3.63, 3.8) is 0 Å². The van der Waals surface area contributed by atoms with Crippen LogP contribution < -0.4 is 5.32 Å². The van der Waals surface area contributed by atoms with Crippen molar-refractivity contribution < 1.29 is 14.3 Å². The average Bonchev–Trinajstić information content (AvgIpc) is 2.87. The lowest BCUT2D eigenvalue weighted by Gasteiger charge is -2.12. The van der Waals surface area contributed by atoms with Gasteiger partial charge >= 0.3 is 5.97 Å². The van der Waals surface area contributed by atoms with E-state index in [1.54, 1.807) is 17.5 Å². The fraction of sp³-hybridized carbons (Fsp3) is 0.200. The molecule has 2 aromatic rings. The van der Waals surface area contributed by atoms with Gasteiger partial charge < -0.3 is 10.1 Å². The number of hydrogen-bond acceptors (Lipinski definition) is 4. The second-order valence-corrected chi connectivity index (χ2v) is 5.69. The van der Waals surface area contributed by atoms with Gasteiger partial charge in [0.25, 0.3) is 0 Å². The van der Waals surface area contributed by atoms with Crippen LogP contribution in [0.1, 0.15) is 26.2 Å². The Morgan fingerprint density at radius 2 is 1.95 bits per heavy atom. The third kappa shape index (κ3) is 3.43. The molecule has 0 radical (unpaired) electrons. The van der Waals surface area contributed by atoms with Crippen LogP contribution in [-0.4, -0.2) is 19.0 Å². The SMILES string of the molecule is COC(=O)c1scc(C)c1NC(=O)[C@@H](Cl)c1ccccc1. The Labute approximate surface area is 131 Å². The van der Waals surface area contributed by atoms with Crippen molar-refractivity contribution in [3.05, 3.63) is 51.7 Å². The number of amides is 1. The number of halogens is 1. The number of carbonyl (C=O) groups is 2. The molecule has 6 heteroatoms. The van der Waals surface area contributed by atoms with Crippen molar-refractivity contribution in [2.45, 2.75) is 12.3 Å². The van der Waals surface area contributed by atoms with Crippen LogP contribution in [0.15, 0.2) is 35.7 Å². The molecular formula is C15H14ClNO3S. The smallest absolute Gasteiger partial charge is 0.350 e. The van der Waals surface area contributed by atoms with E-state index in [-0.39, 0.29) is 5.91 Å². The summed E-state index contributed by atoms with van der Waals surface area (Å²) in [6, 6.07) is 9.03. The summed E-state index contributed by atoms with van der Waals surface area (Å²) >= 11 is 7.39. The van der Waals surface area contributed by atoms with Crippen LogP contribution in [-0.2, 0) is 9.53 Å². The number of alkyl halides is 1. The molecule has 1 amide bonds. The Morgan fingerprint density at radius 1 is 1.29 bits per heavy atom. The van der Waals surface area contributed by atoms with Gasteiger partial charge in [-0.2, -0.15) is 0 Å². The number of benzene rings is 1. The first-order valence-electron chi connectivity index (χ1n) is 6.21. The third-order valence-corrected chi connectivity index (χ3v) is 4.44. The van der Waals surface area contributed by atoms with Gasteiger partial charge in [0.2, 0.25) is 5.91 Å². The largest absolute Gasteiger partial charge is 0.465 e. The van der Waals surface area contributed by atoms with Crippen molar-refractivity contribution in [3.8, 4) is 0 Å². The molecule has 0 aliphatic rings. The van der Waals surface area contributed by atoms with Crippen LogP contribution in [0.3, 0.4) is 0 Å². The van der Waals surface area contributed by atoms with Gasteiger partial charge in [-0.15, -0.1) is 22.9 Å². The molecule has 0 bridgehead atoms. The van der Waals surface area contributed by atoms with Gasteiger partial charge in [-0.05, 0) is 23.4 Å². The van der Waals surface area contributed by atoms with Gasteiger partial charge in [0.1, 0.15) is 10.3 Å². The molecule has 0 spiro atoms. The summed E-state index contributed by atoms with van der Waals surface area (Å²) in [7, 11) is 1.30. The van der Waals surface area contributed by atoms with E-state index in [2.05, 4.69) is 5.32 Å². The standard InChI is InChI=1S/C15H14ClNO3S/c1-9-8-21-13(15(19)20-2)12(9)17-14(18)11(16)10-6-4-3-5-7-10/h3-8,11H,1-2H3,(H,17,18)/t11-/m0/s1. The predicted octanol–water partition coefficient (Wildman–Crippen LogP) is 3.76. The Balaban J connectivity index is 2.20. The Bertz CT molecular complexity index is 654. The molecule has 1 heterocycles. The normalized spacial score (nSPS) is 11.8. The molecule has 1 aromatic heterocycles. The third-order valence-electron chi connectivity index (χ3n) is 2.92. The molecule has 0 aliphatic carbocycles. The lowest BCUT2D eigenvalue weighted by atomic mass is 10.1. The van der Waals surface area contributed by atoms with Crippen LogP contribution in [0.5, 0.6) is 0 Å². The second-order valence-electron chi connectivity index (χ2n) is 4.38. The van der Waals surface area contributed by atoms with E-state index in [1.165, 1.54) is 18.4 Å². The molecule has 0 unspecified atom stereocenters. The number of nitrogens with one attached hydrogen (secondary N) is 1. The summed E-state index contributed by atoms with van der Waals surface area (Å²) in [5, 5.41) is 3.67. The van der Waals surface area contributed by atoms with Crippen LogP contribution in [0.2, 0.25) is 0 Å². The minimum Gasteiger partial charge on any atom is -0.465 e. The van der Waals surface area contributed by atoms with E-state index in [9.17, 15) is 9.59 Å². The molecule has 0 saturated carbocycles. The van der Waals surface area contributed by atoms with Crippen LogP contribution in [0.25, 0.3) is 0 Å². The molecule has 0 saturated heterocycles. The molecule has 1 N–H and O–H groups in total. The summed E-state index contributed by atoms with van der Waals surface area (Å²) in [6.07, 6.45) is 0. The van der Waals surface area contributed by atoms with Gasteiger partial charge in [-0.1, -0.05) is 30.3 Å². The highest BCUT2D eigenvalue weighted by Gasteiger charge is 2.23. The quantitative estimate of drug-likeness (QED) is 0.688. The zero-order valence-corrected chi connectivity index (χ0v) is 13.1. The molecule has 1 atom stereocenters. The lowest BCUT2D eigenvalue weighted by Crippen LogP contribution is -2.19. The molecular weight excluding hydrogens is 310 g/mol. The molecule has 0 fully saturated rings. The molecule has 4 nitrogen and oxygen atoms in total. The number of thiophene rings is 1. The summed E-state index contributed by atoms with van der Waals surface area (Å²) in [5.41, 5.74) is 1.95. The number of ether oxygens (including phenoxy) is 1. The maximum absolute atomic E-state index is 12.2. The topological polar surface area (TPSA) is 55.4 Å². The zero-order valence-electron chi connectivity index (χ0n) is 11.6. The lowest BCUT2D eigenvalue weighted by molar-refractivity contribution is -0.116. The highest BCUT2D eigenvalue weighted by atomic mass is 35.5. The van der Waals surface area contributed by atoms with E-state index < -0.39 is 11.3 Å². The molecule has 2 rings (SSSR count). The molecule has 110 valence electrons. The van der Waals surface area contributed by atoms with Gasteiger partial charge in [0.05, 0.1) is 12.8 Å². The highest BCUT2D eigenvalue weighted by molar-refractivity contribution is 7.12. The summed E-state index contributed by atoms with van der Waals surface area (Å²) in [6.45, 7) is 1.81. The minimum atomic E-state index is -0.823. The first kappa shape index (κ1) is 15.5. The van der Waals surface area contributed by atoms with Crippen LogP contribution in [0, 0.1) is 6.92 Å². The number of anilines is 1. The van der Waals surface area contributed by atoms with Crippen LogP contribution >= 0.6 is 22.9 Å². The van der Waals surface area contributed by atoms with Crippen molar-refractivity contribution in [1.82, 2.24) is 0 Å². The number of esters is 1. The van der Waals surface area contributed by atoms with Gasteiger partial charge in [0.15, 0.2) is 0 Å². The second kappa shape index (κ2) is 6.74. The highest BCUT2D eigenvalue weighted by Crippen LogP contribution is 2.30. The molecule has 1 aromatic carbocycles. The van der Waals surface area contributed by atoms with Crippen molar-refractivity contribution in [2.75, 3.05) is 12.4 Å². The number of rotatable bonds is 4.